The standard InChI is InChI=1S/C9H16F3NO/c1-2-13-7-4-3-5-8(7)14-6-9(10,11)12/h7-8,13H,2-6H2,1H3. The second kappa shape index (κ2) is 4.98. The lowest BCUT2D eigenvalue weighted by Gasteiger charge is -2.21. The first kappa shape index (κ1) is 11.8. The molecule has 0 bridgehead atoms. The molecule has 1 aliphatic carbocycles. The van der Waals surface area contributed by atoms with Crippen LogP contribution in [-0.2, 0) is 4.74 Å². The number of hydrogen-bond donors (Lipinski definition) is 1. The van der Waals surface area contributed by atoms with Crippen molar-refractivity contribution in [2.45, 2.75) is 44.5 Å². The number of alkyl halides is 3. The summed E-state index contributed by atoms with van der Waals surface area (Å²) in [5.74, 6) is 0. The van der Waals surface area contributed by atoms with Crippen molar-refractivity contribution in [3.63, 3.8) is 0 Å². The largest absolute Gasteiger partial charge is 0.411 e. The lowest BCUT2D eigenvalue weighted by Crippen LogP contribution is -2.38. The van der Waals surface area contributed by atoms with Crippen LogP contribution in [0.25, 0.3) is 0 Å². The zero-order chi connectivity index (χ0) is 10.6. The molecule has 2 nitrogen and oxygen atoms in total. The van der Waals surface area contributed by atoms with Crippen LogP contribution in [0.15, 0.2) is 0 Å². The molecule has 14 heavy (non-hydrogen) atoms. The minimum Gasteiger partial charge on any atom is -0.367 e. The van der Waals surface area contributed by atoms with Gasteiger partial charge in [-0.25, -0.2) is 0 Å². The lowest BCUT2D eigenvalue weighted by atomic mass is 10.2. The Hall–Kier alpha value is -0.290. The fourth-order valence-corrected chi connectivity index (χ4v) is 1.82. The number of likely N-dealkylation sites (N-methyl/N-ethyl adjacent to an activating group) is 1. The molecule has 1 saturated carbocycles. The van der Waals surface area contributed by atoms with Crippen LogP contribution in [0, 0.1) is 0 Å². The molecule has 0 spiro atoms. The Labute approximate surface area is 81.8 Å². The molecule has 0 amide bonds. The molecule has 0 aromatic heterocycles. The third-order valence-corrected chi connectivity index (χ3v) is 2.38. The maximum Gasteiger partial charge on any atom is 0.411 e. The second-order valence-corrected chi connectivity index (χ2v) is 3.56. The Morgan fingerprint density at radius 2 is 2.07 bits per heavy atom. The molecule has 0 aromatic rings. The summed E-state index contributed by atoms with van der Waals surface area (Å²) < 4.78 is 40.5. The smallest absolute Gasteiger partial charge is 0.367 e. The van der Waals surface area contributed by atoms with Crippen molar-refractivity contribution >= 4 is 0 Å². The molecule has 1 fully saturated rings. The first-order chi connectivity index (χ1) is 6.53. The SMILES string of the molecule is CCNC1CCCC1OCC(F)(F)F. The quantitative estimate of drug-likeness (QED) is 0.768. The average molecular weight is 211 g/mol. The first-order valence-electron chi connectivity index (χ1n) is 4.94. The van der Waals surface area contributed by atoms with E-state index in [1.54, 1.807) is 0 Å². The van der Waals surface area contributed by atoms with Gasteiger partial charge in [0.1, 0.15) is 6.61 Å². The predicted molar refractivity (Wildman–Crippen MR) is 47.1 cm³/mol. The van der Waals surface area contributed by atoms with Crippen LogP contribution in [0.1, 0.15) is 26.2 Å². The van der Waals surface area contributed by atoms with Crippen LogP contribution in [0.3, 0.4) is 0 Å². The van der Waals surface area contributed by atoms with Gasteiger partial charge in [0.25, 0.3) is 0 Å². The van der Waals surface area contributed by atoms with Crippen molar-refractivity contribution in [1.82, 2.24) is 5.32 Å². The van der Waals surface area contributed by atoms with Crippen LogP contribution >= 0.6 is 0 Å². The summed E-state index contributed by atoms with van der Waals surface area (Å²) in [7, 11) is 0. The Morgan fingerprint density at radius 1 is 1.36 bits per heavy atom. The van der Waals surface area contributed by atoms with E-state index in [2.05, 4.69) is 5.32 Å². The molecule has 0 radical (unpaired) electrons. The van der Waals surface area contributed by atoms with Gasteiger partial charge in [0.05, 0.1) is 6.10 Å². The zero-order valence-corrected chi connectivity index (χ0v) is 8.23. The molecule has 0 saturated heterocycles. The third kappa shape index (κ3) is 3.84. The minimum atomic E-state index is -4.21. The molecule has 0 aromatic carbocycles. The van der Waals surface area contributed by atoms with E-state index in [1.807, 2.05) is 6.92 Å². The number of halogens is 3. The molecule has 1 aliphatic rings. The molecule has 0 heterocycles. The maximum absolute atomic E-state index is 11.9. The number of hydrogen-bond acceptors (Lipinski definition) is 2. The Kier molecular flexibility index (Phi) is 4.19. The van der Waals surface area contributed by atoms with Crippen molar-refractivity contribution < 1.29 is 17.9 Å². The fourth-order valence-electron chi connectivity index (χ4n) is 1.82. The molecule has 2 unspecified atom stereocenters. The molecular formula is C9H16F3NO. The van der Waals surface area contributed by atoms with E-state index in [0.717, 1.165) is 25.8 Å². The summed E-state index contributed by atoms with van der Waals surface area (Å²) >= 11 is 0. The van der Waals surface area contributed by atoms with Gasteiger partial charge >= 0.3 is 6.18 Å². The van der Waals surface area contributed by atoms with E-state index in [0.29, 0.717) is 0 Å². The van der Waals surface area contributed by atoms with E-state index < -0.39 is 12.8 Å². The van der Waals surface area contributed by atoms with E-state index in [1.165, 1.54) is 0 Å². The van der Waals surface area contributed by atoms with Crippen LogP contribution in [0.4, 0.5) is 13.2 Å². The summed E-state index contributed by atoms with van der Waals surface area (Å²) in [5.41, 5.74) is 0. The Morgan fingerprint density at radius 3 is 2.64 bits per heavy atom. The minimum absolute atomic E-state index is 0.0994. The predicted octanol–water partition coefficient (Wildman–Crippen LogP) is 2.10. The topological polar surface area (TPSA) is 21.3 Å². The van der Waals surface area contributed by atoms with Gasteiger partial charge in [0, 0.05) is 6.04 Å². The molecule has 0 aliphatic heterocycles. The molecule has 5 heteroatoms. The van der Waals surface area contributed by atoms with E-state index >= 15 is 0 Å². The maximum atomic E-state index is 11.9. The highest BCUT2D eigenvalue weighted by Gasteiger charge is 2.33. The van der Waals surface area contributed by atoms with E-state index in [-0.39, 0.29) is 12.1 Å². The van der Waals surface area contributed by atoms with Gasteiger partial charge < -0.3 is 10.1 Å². The van der Waals surface area contributed by atoms with Gasteiger partial charge in [-0.15, -0.1) is 0 Å². The third-order valence-electron chi connectivity index (χ3n) is 2.38. The number of ether oxygens (including phenoxy) is 1. The van der Waals surface area contributed by atoms with Crippen molar-refractivity contribution in [3.05, 3.63) is 0 Å². The highest BCUT2D eigenvalue weighted by atomic mass is 19.4. The molecule has 2 atom stereocenters. The molecular weight excluding hydrogens is 195 g/mol. The van der Waals surface area contributed by atoms with Gasteiger partial charge in [-0.2, -0.15) is 13.2 Å². The Balaban J connectivity index is 2.29. The zero-order valence-electron chi connectivity index (χ0n) is 8.23. The summed E-state index contributed by atoms with van der Waals surface area (Å²) in [6.07, 6.45) is -1.89. The van der Waals surface area contributed by atoms with E-state index in [4.69, 9.17) is 4.74 Å². The van der Waals surface area contributed by atoms with Gasteiger partial charge in [-0.05, 0) is 25.8 Å². The molecule has 1 N–H and O–H groups in total. The second-order valence-electron chi connectivity index (χ2n) is 3.56. The first-order valence-corrected chi connectivity index (χ1v) is 4.94. The summed E-state index contributed by atoms with van der Waals surface area (Å²) in [4.78, 5) is 0. The average Bonchev–Trinajstić information content (AvgIpc) is 2.48. The summed E-state index contributed by atoms with van der Waals surface area (Å²) in [6, 6.07) is 0.0994. The summed E-state index contributed by atoms with van der Waals surface area (Å²) in [6.45, 7) is 1.59. The number of nitrogens with one attached hydrogen (secondary N) is 1. The van der Waals surface area contributed by atoms with Crippen molar-refractivity contribution in [1.29, 1.82) is 0 Å². The van der Waals surface area contributed by atoms with Crippen LogP contribution in [0.2, 0.25) is 0 Å². The highest BCUT2D eigenvalue weighted by Crippen LogP contribution is 2.24. The summed E-state index contributed by atoms with van der Waals surface area (Å²) in [5, 5.41) is 3.14. The Bertz CT molecular complexity index is 172. The fraction of sp³-hybridized carbons (Fsp3) is 1.00. The van der Waals surface area contributed by atoms with Gasteiger partial charge in [0.15, 0.2) is 0 Å². The highest BCUT2D eigenvalue weighted by molar-refractivity contribution is 4.83. The lowest BCUT2D eigenvalue weighted by molar-refractivity contribution is -0.186. The van der Waals surface area contributed by atoms with Gasteiger partial charge in [0.2, 0.25) is 0 Å². The number of rotatable bonds is 4. The van der Waals surface area contributed by atoms with Crippen molar-refractivity contribution in [2.75, 3.05) is 13.2 Å². The molecule has 84 valence electrons. The van der Waals surface area contributed by atoms with Crippen LogP contribution in [0.5, 0.6) is 0 Å². The van der Waals surface area contributed by atoms with Crippen molar-refractivity contribution in [3.8, 4) is 0 Å². The van der Waals surface area contributed by atoms with Crippen molar-refractivity contribution in [2.24, 2.45) is 0 Å². The van der Waals surface area contributed by atoms with Crippen LogP contribution in [-0.4, -0.2) is 31.5 Å². The normalized spacial score (nSPS) is 28.3. The van der Waals surface area contributed by atoms with Crippen LogP contribution < -0.4 is 5.32 Å². The van der Waals surface area contributed by atoms with Gasteiger partial charge in [-0.1, -0.05) is 6.92 Å². The monoisotopic (exact) mass is 211 g/mol. The van der Waals surface area contributed by atoms with E-state index in [9.17, 15) is 13.2 Å². The van der Waals surface area contributed by atoms with Gasteiger partial charge in [-0.3, -0.25) is 0 Å². The molecule has 1 rings (SSSR count).